The molecule has 0 aromatic heterocycles. The van der Waals surface area contributed by atoms with E-state index < -0.39 is 9.05 Å². The molecule has 0 saturated carbocycles. The van der Waals surface area contributed by atoms with E-state index in [9.17, 15) is 8.42 Å². The minimum Gasteiger partial charge on any atom is -0.396 e. The second-order valence-electron chi connectivity index (χ2n) is 1.80. The van der Waals surface area contributed by atoms with Crippen LogP contribution in [-0.2, 0) is 9.05 Å². The molecule has 0 aliphatic rings. The van der Waals surface area contributed by atoms with E-state index in [4.69, 9.17) is 15.8 Å². The number of allylic oxidation sites excluding steroid dienone is 1. The first kappa shape index (κ1) is 9.94. The van der Waals surface area contributed by atoms with Gasteiger partial charge in [-0.05, 0) is 12.8 Å². The number of aliphatic hydroxyl groups is 1. The van der Waals surface area contributed by atoms with Crippen molar-refractivity contribution in [3.05, 3.63) is 11.5 Å². The fourth-order valence-electron chi connectivity index (χ4n) is 0.398. The number of hydrogen-bond acceptors (Lipinski definition) is 3. The topological polar surface area (TPSA) is 54.4 Å². The minimum atomic E-state index is -3.61. The predicted molar refractivity (Wildman–Crippen MR) is 40.2 cm³/mol. The molecule has 0 aliphatic carbocycles. The Morgan fingerprint density at radius 1 is 1.60 bits per heavy atom. The summed E-state index contributed by atoms with van der Waals surface area (Å²) < 4.78 is 20.8. The molecule has 1 N–H and O–H groups in total. The number of halogens is 1. The summed E-state index contributed by atoms with van der Waals surface area (Å²) in [5, 5.41) is 8.30. The van der Waals surface area contributed by atoms with Crippen molar-refractivity contribution in [2.45, 2.75) is 12.8 Å². The van der Waals surface area contributed by atoms with Crippen LogP contribution in [0.5, 0.6) is 0 Å². The summed E-state index contributed by atoms with van der Waals surface area (Å²) in [5.74, 6) is 0. The lowest BCUT2D eigenvalue weighted by Gasteiger charge is -1.97. The van der Waals surface area contributed by atoms with Crippen LogP contribution in [0.25, 0.3) is 0 Å². The zero-order valence-corrected chi connectivity index (χ0v) is 6.95. The smallest absolute Gasteiger partial charge is 0.256 e. The minimum absolute atomic E-state index is 0.0387. The lowest BCUT2D eigenvalue weighted by atomic mass is 10.3. The maximum atomic E-state index is 10.4. The molecule has 0 amide bonds. The molecular weight excluding hydrogens is 176 g/mol. The first-order valence-corrected chi connectivity index (χ1v) is 5.02. The predicted octanol–water partition coefficient (Wildman–Crippen LogP) is 0.841. The van der Waals surface area contributed by atoms with Crippen LogP contribution in [0.15, 0.2) is 11.5 Å². The first-order chi connectivity index (χ1) is 4.48. The highest BCUT2D eigenvalue weighted by molar-refractivity contribution is 8.16. The van der Waals surface area contributed by atoms with Crippen molar-refractivity contribution >= 4 is 19.7 Å². The summed E-state index contributed by atoms with van der Waals surface area (Å²) in [7, 11) is 1.30. The van der Waals surface area contributed by atoms with Crippen molar-refractivity contribution in [1.29, 1.82) is 0 Å². The lowest BCUT2D eigenvalue weighted by molar-refractivity contribution is 0.289. The zero-order valence-electron chi connectivity index (χ0n) is 5.38. The molecule has 60 valence electrons. The molecule has 0 saturated heterocycles. The van der Waals surface area contributed by atoms with Gasteiger partial charge in [-0.1, -0.05) is 6.58 Å². The maximum Gasteiger partial charge on any atom is 0.256 e. The van der Waals surface area contributed by atoms with Gasteiger partial charge in [0.05, 0.1) is 4.91 Å². The van der Waals surface area contributed by atoms with E-state index in [1.807, 2.05) is 0 Å². The molecule has 10 heavy (non-hydrogen) atoms. The van der Waals surface area contributed by atoms with E-state index in [2.05, 4.69) is 6.58 Å². The van der Waals surface area contributed by atoms with Gasteiger partial charge in [-0.3, -0.25) is 0 Å². The molecule has 0 bridgehead atoms. The van der Waals surface area contributed by atoms with Gasteiger partial charge in [0.25, 0.3) is 9.05 Å². The van der Waals surface area contributed by atoms with Crippen molar-refractivity contribution in [3.63, 3.8) is 0 Å². The number of hydrogen-bond donors (Lipinski definition) is 1. The third kappa shape index (κ3) is 3.87. The summed E-state index contributed by atoms with van der Waals surface area (Å²) in [5.41, 5.74) is 0. The molecule has 0 aliphatic heterocycles. The van der Waals surface area contributed by atoms with E-state index in [0.29, 0.717) is 6.42 Å². The van der Waals surface area contributed by atoms with Crippen LogP contribution in [0.2, 0.25) is 0 Å². The van der Waals surface area contributed by atoms with Crippen molar-refractivity contribution in [3.8, 4) is 0 Å². The van der Waals surface area contributed by atoms with Crippen LogP contribution in [0, 0.1) is 0 Å². The lowest BCUT2D eigenvalue weighted by Crippen LogP contribution is -1.94. The molecule has 0 unspecified atom stereocenters. The van der Waals surface area contributed by atoms with Crippen LogP contribution in [0.3, 0.4) is 0 Å². The van der Waals surface area contributed by atoms with Crippen molar-refractivity contribution in [1.82, 2.24) is 0 Å². The van der Waals surface area contributed by atoms with Crippen LogP contribution < -0.4 is 0 Å². The Hall–Kier alpha value is -0.0600. The zero-order chi connectivity index (χ0) is 8.20. The van der Waals surface area contributed by atoms with E-state index in [1.165, 1.54) is 0 Å². The fraction of sp³-hybridized carbons (Fsp3) is 0.600. The van der Waals surface area contributed by atoms with Crippen molar-refractivity contribution in [2.24, 2.45) is 0 Å². The van der Waals surface area contributed by atoms with E-state index >= 15 is 0 Å². The normalized spacial score (nSPS) is 11.4. The standard InChI is InChI=1S/C5H9ClO3S/c1-5(3-2-4-7)10(6,8)9/h7H,1-4H2. The van der Waals surface area contributed by atoms with Crippen molar-refractivity contribution < 1.29 is 13.5 Å². The van der Waals surface area contributed by atoms with Gasteiger partial charge in [0, 0.05) is 17.3 Å². The van der Waals surface area contributed by atoms with E-state index in [-0.39, 0.29) is 17.9 Å². The molecular formula is C5H9ClO3S. The Bertz CT molecular complexity index is 207. The van der Waals surface area contributed by atoms with Gasteiger partial charge in [0.15, 0.2) is 0 Å². The summed E-state index contributed by atoms with van der Waals surface area (Å²) >= 11 is 0. The Balaban J connectivity index is 3.88. The Labute approximate surface area is 64.7 Å². The SMILES string of the molecule is C=C(CCCO)S(=O)(=O)Cl. The first-order valence-electron chi connectivity index (χ1n) is 2.72. The molecule has 0 radical (unpaired) electrons. The highest BCUT2D eigenvalue weighted by atomic mass is 35.7. The van der Waals surface area contributed by atoms with Gasteiger partial charge in [-0.15, -0.1) is 0 Å². The number of rotatable bonds is 4. The van der Waals surface area contributed by atoms with E-state index in [1.54, 1.807) is 0 Å². The van der Waals surface area contributed by atoms with Gasteiger partial charge >= 0.3 is 0 Å². The van der Waals surface area contributed by atoms with E-state index in [0.717, 1.165) is 0 Å². The molecule has 0 spiro atoms. The Morgan fingerprint density at radius 3 is 2.40 bits per heavy atom. The molecule has 5 heteroatoms. The molecule has 0 aromatic rings. The average Bonchev–Trinajstić information content (AvgIpc) is 1.80. The van der Waals surface area contributed by atoms with Gasteiger partial charge in [-0.25, -0.2) is 8.42 Å². The summed E-state index contributed by atoms with van der Waals surface area (Å²) in [6.45, 7) is 3.18. The Kier molecular flexibility index (Phi) is 3.93. The summed E-state index contributed by atoms with van der Waals surface area (Å²) in [4.78, 5) is -0.0387. The second-order valence-corrected chi connectivity index (χ2v) is 4.48. The van der Waals surface area contributed by atoms with Crippen LogP contribution in [0.4, 0.5) is 0 Å². The van der Waals surface area contributed by atoms with Gasteiger partial charge in [0.2, 0.25) is 0 Å². The van der Waals surface area contributed by atoms with Crippen LogP contribution in [0.1, 0.15) is 12.8 Å². The quantitative estimate of drug-likeness (QED) is 0.659. The van der Waals surface area contributed by atoms with Crippen LogP contribution >= 0.6 is 10.7 Å². The molecule has 0 fully saturated rings. The third-order valence-corrected chi connectivity index (χ3v) is 2.51. The van der Waals surface area contributed by atoms with Crippen LogP contribution in [-0.4, -0.2) is 20.1 Å². The maximum absolute atomic E-state index is 10.4. The fourth-order valence-corrected chi connectivity index (χ4v) is 1.02. The largest absolute Gasteiger partial charge is 0.396 e. The average molecular weight is 185 g/mol. The molecule has 0 atom stereocenters. The second kappa shape index (κ2) is 3.95. The molecule has 0 heterocycles. The number of aliphatic hydroxyl groups excluding tert-OH is 1. The summed E-state index contributed by atoms with van der Waals surface area (Å²) in [6, 6.07) is 0. The molecule has 0 rings (SSSR count). The monoisotopic (exact) mass is 184 g/mol. The third-order valence-electron chi connectivity index (χ3n) is 0.959. The molecule has 3 nitrogen and oxygen atoms in total. The molecule has 0 aromatic carbocycles. The van der Waals surface area contributed by atoms with Gasteiger partial charge < -0.3 is 5.11 Å². The highest BCUT2D eigenvalue weighted by Crippen LogP contribution is 2.14. The van der Waals surface area contributed by atoms with Gasteiger partial charge in [0.1, 0.15) is 0 Å². The highest BCUT2D eigenvalue weighted by Gasteiger charge is 2.09. The van der Waals surface area contributed by atoms with Crippen molar-refractivity contribution in [2.75, 3.05) is 6.61 Å². The Morgan fingerprint density at radius 2 is 2.10 bits per heavy atom. The van der Waals surface area contributed by atoms with Gasteiger partial charge in [-0.2, -0.15) is 0 Å². The summed E-state index contributed by atoms with van der Waals surface area (Å²) in [6.07, 6.45) is 0.604.